The van der Waals surface area contributed by atoms with E-state index in [-0.39, 0.29) is 22.8 Å². The second-order valence-corrected chi connectivity index (χ2v) is 8.48. The van der Waals surface area contributed by atoms with Crippen molar-refractivity contribution >= 4 is 35.4 Å². The van der Waals surface area contributed by atoms with E-state index in [1.54, 1.807) is 12.1 Å². The second-order valence-electron chi connectivity index (χ2n) is 7.64. The molecule has 1 aromatic carbocycles. The van der Waals surface area contributed by atoms with Gasteiger partial charge in [-0.25, -0.2) is 4.79 Å². The Balaban J connectivity index is 2.00. The van der Waals surface area contributed by atoms with Crippen molar-refractivity contribution in [3.63, 3.8) is 0 Å². The van der Waals surface area contributed by atoms with Gasteiger partial charge in [0.25, 0.3) is 0 Å². The summed E-state index contributed by atoms with van der Waals surface area (Å²) in [7, 11) is 0. The average Bonchev–Trinajstić information content (AvgIpc) is 2.52. The number of ketones is 1. The number of anilines is 1. The molecule has 5 nitrogen and oxygen atoms in total. The molecule has 0 bridgehead atoms. The Hall–Kier alpha value is -2.18. The number of Topliss-reactive ketones (excluding diaryl/α,β-unsaturated/α-hetero) is 1. The number of carbonyl (C=O) groups is 1. The van der Waals surface area contributed by atoms with Crippen molar-refractivity contribution in [3.05, 3.63) is 66.8 Å². The third-order valence-corrected chi connectivity index (χ3v) is 5.53. The number of nitrogens with one attached hydrogen (secondary N) is 3. The molecule has 0 saturated carbocycles. The van der Waals surface area contributed by atoms with E-state index in [1.165, 1.54) is 0 Å². The third kappa shape index (κ3) is 2.83. The van der Waals surface area contributed by atoms with Crippen LogP contribution in [0.4, 0.5) is 5.82 Å². The smallest absolute Gasteiger partial charge is 0.325 e. The molecular formula is C19H18ClN3O2S. The summed E-state index contributed by atoms with van der Waals surface area (Å²) >= 11 is 11.5. The molecule has 0 saturated heterocycles. The lowest BCUT2D eigenvalue weighted by Gasteiger charge is -2.39. The van der Waals surface area contributed by atoms with Gasteiger partial charge in [-0.05, 0) is 29.5 Å². The first-order chi connectivity index (χ1) is 12.2. The van der Waals surface area contributed by atoms with Gasteiger partial charge in [-0.3, -0.25) is 14.8 Å². The van der Waals surface area contributed by atoms with E-state index >= 15 is 0 Å². The Morgan fingerprint density at radius 1 is 1.12 bits per heavy atom. The molecule has 1 aliphatic carbocycles. The maximum atomic E-state index is 13.0. The van der Waals surface area contributed by atoms with E-state index in [0.717, 1.165) is 23.3 Å². The lowest BCUT2D eigenvalue weighted by Crippen LogP contribution is -2.35. The minimum atomic E-state index is -0.374. The number of aromatic nitrogens is 2. The summed E-state index contributed by atoms with van der Waals surface area (Å²) in [4.78, 5) is 30.4. The van der Waals surface area contributed by atoms with Crippen molar-refractivity contribution in [1.82, 2.24) is 9.97 Å². The average molecular weight is 388 g/mol. The number of H-pyrrole nitrogens is 2. The number of hydrogen-bond donors (Lipinski definition) is 3. The largest absolute Gasteiger partial charge is 0.344 e. The number of allylic oxidation sites excluding steroid dienone is 2. The van der Waals surface area contributed by atoms with E-state index in [0.29, 0.717) is 27.5 Å². The molecule has 2 aliphatic rings. The van der Waals surface area contributed by atoms with Crippen LogP contribution in [-0.4, -0.2) is 15.8 Å². The highest BCUT2D eigenvalue weighted by molar-refractivity contribution is 7.71. The van der Waals surface area contributed by atoms with Gasteiger partial charge < -0.3 is 5.32 Å². The molecule has 134 valence electrons. The van der Waals surface area contributed by atoms with E-state index in [1.807, 2.05) is 12.1 Å². The van der Waals surface area contributed by atoms with E-state index in [4.69, 9.17) is 23.8 Å². The molecule has 3 N–H and O–H groups in total. The molecule has 1 aliphatic heterocycles. The van der Waals surface area contributed by atoms with Crippen LogP contribution in [0.15, 0.2) is 40.3 Å². The van der Waals surface area contributed by atoms with E-state index in [9.17, 15) is 9.59 Å². The molecule has 26 heavy (non-hydrogen) atoms. The summed E-state index contributed by atoms with van der Waals surface area (Å²) in [6, 6.07) is 7.41. The topological polar surface area (TPSA) is 77.8 Å². The SMILES string of the molecule is CC1(C)CC(=O)C2=C(C1)Nc1[nH]c(=O)[nH]c(=S)c1C2c1ccc(Cl)cc1. The quantitative estimate of drug-likeness (QED) is 0.638. The summed E-state index contributed by atoms with van der Waals surface area (Å²) in [5.74, 6) is 0.334. The van der Waals surface area contributed by atoms with Crippen molar-refractivity contribution in [2.45, 2.75) is 32.6 Å². The molecule has 2 aromatic rings. The molecule has 1 aromatic heterocycles. The van der Waals surface area contributed by atoms with Gasteiger partial charge in [-0.2, -0.15) is 0 Å². The fraction of sp³-hybridized carbons (Fsp3) is 0.316. The molecule has 0 amide bonds. The van der Waals surface area contributed by atoms with Crippen LogP contribution in [0, 0.1) is 10.1 Å². The van der Waals surface area contributed by atoms with Crippen LogP contribution in [-0.2, 0) is 4.79 Å². The van der Waals surface area contributed by atoms with Crippen molar-refractivity contribution in [2.75, 3.05) is 5.32 Å². The number of rotatable bonds is 1. The Kier molecular flexibility index (Phi) is 3.93. The number of carbonyl (C=O) groups excluding carboxylic acids is 1. The predicted octanol–water partition coefficient (Wildman–Crippen LogP) is 4.29. The number of fused-ring (bicyclic) bond motifs is 1. The predicted molar refractivity (Wildman–Crippen MR) is 104 cm³/mol. The first-order valence-corrected chi connectivity index (χ1v) is 9.19. The Bertz CT molecular complexity index is 1060. The van der Waals surface area contributed by atoms with Crippen LogP contribution in [0.3, 0.4) is 0 Å². The van der Waals surface area contributed by atoms with Gasteiger partial charge in [0.05, 0.1) is 0 Å². The van der Waals surface area contributed by atoms with Crippen molar-refractivity contribution in [2.24, 2.45) is 5.41 Å². The first-order valence-electron chi connectivity index (χ1n) is 8.40. The maximum absolute atomic E-state index is 13.0. The van der Waals surface area contributed by atoms with Crippen LogP contribution in [0.1, 0.15) is 43.7 Å². The molecule has 7 heteroatoms. The fourth-order valence-corrected chi connectivity index (χ4v) is 4.37. The molecule has 0 spiro atoms. The van der Waals surface area contributed by atoms with Crippen LogP contribution in [0.25, 0.3) is 0 Å². The van der Waals surface area contributed by atoms with Gasteiger partial charge >= 0.3 is 5.69 Å². The van der Waals surface area contributed by atoms with Crippen LogP contribution < -0.4 is 11.0 Å². The van der Waals surface area contributed by atoms with Crippen molar-refractivity contribution in [3.8, 4) is 0 Å². The van der Waals surface area contributed by atoms with Gasteiger partial charge in [-0.1, -0.05) is 49.8 Å². The zero-order valence-corrected chi connectivity index (χ0v) is 16.0. The Morgan fingerprint density at radius 2 is 1.81 bits per heavy atom. The summed E-state index contributed by atoms with van der Waals surface area (Å²) in [5, 5.41) is 3.89. The standard InChI is InChI=1S/C19H18ClN3O2S/c1-19(2)7-11-14(12(24)8-19)13(9-3-5-10(20)6-4-9)15-16(21-11)22-18(25)23-17(15)26/h3-6,13H,7-8H2,1-2H3,(H3,21,22,23,25,26). The highest BCUT2D eigenvalue weighted by atomic mass is 35.5. The third-order valence-electron chi connectivity index (χ3n) is 4.96. The maximum Gasteiger partial charge on any atom is 0.325 e. The monoisotopic (exact) mass is 387 g/mol. The second kappa shape index (κ2) is 5.93. The van der Waals surface area contributed by atoms with Crippen molar-refractivity contribution < 1.29 is 4.79 Å². The van der Waals surface area contributed by atoms with Crippen LogP contribution in [0.2, 0.25) is 5.02 Å². The summed E-state index contributed by atoms with van der Waals surface area (Å²) in [6.45, 7) is 4.15. The summed E-state index contributed by atoms with van der Waals surface area (Å²) < 4.78 is 0.334. The molecule has 1 unspecified atom stereocenters. The minimum Gasteiger partial charge on any atom is -0.344 e. The van der Waals surface area contributed by atoms with Gasteiger partial charge in [0.15, 0.2) is 5.78 Å². The number of aromatic amines is 2. The van der Waals surface area contributed by atoms with Crippen LogP contribution >= 0.6 is 23.8 Å². The molecule has 2 heterocycles. The first kappa shape index (κ1) is 17.2. The van der Waals surface area contributed by atoms with E-state index in [2.05, 4.69) is 29.1 Å². The Labute approximate surface area is 160 Å². The van der Waals surface area contributed by atoms with Gasteiger partial charge in [0, 0.05) is 34.2 Å². The lowest BCUT2D eigenvalue weighted by atomic mass is 9.69. The number of benzene rings is 1. The zero-order valence-electron chi connectivity index (χ0n) is 14.4. The molecule has 0 fully saturated rings. The van der Waals surface area contributed by atoms with Gasteiger partial charge in [-0.15, -0.1) is 0 Å². The van der Waals surface area contributed by atoms with Crippen molar-refractivity contribution in [1.29, 1.82) is 0 Å². The van der Waals surface area contributed by atoms with Gasteiger partial charge in [0.2, 0.25) is 0 Å². The highest BCUT2D eigenvalue weighted by Crippen LogP contribution is 2.48. The number of halogens is 1. The normalized spacial score (nSPS) is 21.0. The summed E-state index contributed by atoms with van der Waals surface area (Å²) in [6.07, 6.45) is 1.21. The molecule has 4 rings (SSSR count). The molecule has 1 atom stereocenters. The fourth-order valence-electron chi connectivity index (χ4n) is 3.94. The lowest BCUT2D eigenvalue weighted by molar-refractivity contribution is -0.118. The molecule has 0 radical (unpaired) electrons. The molecular weight excluding hydrogens is 370 g/mol. The van der Waals surface area contributed by atoms with Gasteiger partial charge in [0.1, 0.15) is 10.5 Å². The van der Waals surface area contributed by atoms with E-state index < -0.39 is 0 Å². The number of hydrogen-bond acceptors (Lipinski definition) is 4. The Morgan fingerprint density at radius 3 is 2.50 bits per heavy atom. The van der Waals surface area contributed by atoms with Crippen LogP contribution in [0.5, 0.6) is 0 Å². The zero-order chi connectivity index (χ0) is 18.6. The highest BCUT2D eigenvalue weighted by Gasteiger charge is 2.41. The summed E-state index contributed by atoms with van der Waals surface area (Å²) in [5.41, 5.74) is 2.71. The minimum absolute atomic E-state index is 0.106.